The summed E-state index contributed by atoms with van der Waals surface area (Å²) in [4.78, 5) is 23.5. The van der Waals surface area contributed by atoms with Crippen molar-refractivity contribution in [3.05, 3.63) is 11.8 Å². The Balaban J connectivity index is 5.17. The lowest BCUT2D eigenvalue weighted by molar-refractivity contribution is -0.160. The molecule has 4 nitrogen and oxygen atoms in total. The predicted molar refractivity (Wildman–Crippen MR) is 83.0 cm³/mol. The lowest BCUT2D eigenvalue weighted by Gasteiger charge is -2.34. The maximum Gasteiger partial charge on any atom is 0.320 e. The molecule has 116 valence electrons. The van der Waals surface area contributed by atoms with Crippen LogP contribution in [0.1, 0.15) is 27.7 Å². The smallest absolute Gasteiger partial charge is 0.320 e. The van der Waals surface area contributed by atoms with E-state index < -0.39 is 25.9 Å². The van der Waals surface area contributed by atoms with Crippen LogP contribution in [-0.2, 0) is 19.1 Å². The van der Waals surface area contributed by atoms with Gasteiger partial charge in [0.05, 0.1) is 22.3 Å². The van der Waals surface area contributed by atoms with Crippen LogP contribution < -0.4 is 0 Å². The van der Waals surface area contributed by atoms with E-state index >= 15 is 0 Å². The zero-order chi connectivity index (χ0) is 16.1. The quantitative estimate of drug-likeness (QED) is 0.444. The van der Waals surface area contributed by atoms with Crippen LogP contribution in [0.25, 0.3) is 0 Å². The third kappa shape index (κ3) is 4.78. The molecule has 0 fully saturated rings. The molecule has 1 atom stereocenters. The Morgan fingerprint density at radius 1 is 1.05 bits per heavy atom. The number of carbonyl (C=O) groups excluding carboxylic acids is 2. The predicted octanol–water partition coefficient (Wildman–Crippen LogP) is 3.19. The summed E-state index contributed by atoms with van der Waals surface area (Å²) in [5.41, 5.74) is 2.19. The van der Waals surface area contributed by atoms with Crippen molar-refractivity contribution in [1.82, 2.24) is 0 Å². The lowest BCUT2D eigenvalue weighted by Crippen LogP contribution is -2.36. The molecule has 0 heterocycles. The highest BCUT2D eigenvalue weighted by Gasteiger charge is 2.35. The van der Waals surface area contributed by atoms with E-state index in [1.54, 1.807) is 0 Å². The number of rotatable bonds is 5. The van der Waals surface area contributed by atoms with Gasteiger partial charge in [-0.25, -0.2) is 0 Å². The van der Waals surface area contributed by atoms with Gasteiger partial charge in [0, 0.05) is 0 Å². The molecule has 0 aromatic rings. The molecule has 0 amide bonds. The maximum absolute atomic E-state index is 11.7. The summed E-state index contributed by atoms with van der Waals surface area (Å²) >= 11 is 0. The van der Waals surface area contributed by atoms with Crippen molar-refractivity contribution in [2.75, 3.05) is 14.2 Å². The van der Waals surface area contributed by atoms with Crippen LogP contribution in [0.15, 0.2) is 11.8 Å². The highest BCUT2D eigenvalue weighted by atomic mass is 28.3. The molecule has 0 N–H and O–H groups in total. The van der Waals surface area contributed by atoms with Crippen LogP contribution >= 0.6 is 0 Å². The first-order valence-corrected chi connectivity index (χ1v) is 9.90. The fourth-order valence-corrected chi connectivity index (χ4v) is 2.82. The summed E-state index contributed by atoms with van der Waals surface area (Å²) in [6.07, 6.45) is 1.95. The summed E-state index contributed by atoms with van der Waals surface area (Å²) < 4.78 is 9.39. The van der Waals surface area contributed by atoms with Gasteiger partial charge < -0.3 is 9.47 Å². The Kier molecular flexibility index (Phi) is 6.67. The molecule has 0 aliphatic rings. The van der Waals surface area contributed by atoms with E-state index in [-0.39, 0.29) is 11.0 Å². The monoisotopic (exact) mass is 300 g/mol. The van der Waals surface area contributed by atoms with Gasteiger partial charge in [-0.3, -0.25) is 9.59 Å². The van der Waals surface area contributed by atoms with Gasteiger partial charge in [0.15, 0.2) is 5.92 Å². The molecule has 5 heteroatoms. The summed E-state index contributed by atoms with van der Waals surface area (Å²) in [6.45, 7) is 13.0. The zero-order valence-corrected chi connectivity index (χ0v) is 14.9. The average Bonchev–Trinajstić information content (AvgIpc) is 2.34. The van der Waals surface area contributed by atoms with E-state index in [1.807, 2.05) is 13.0 Å². The fraction of sp³-hybridized carbons (Fsp3) is 0.733. The summed E-state index contributed by atoms with van der Waals surface area (Å²) in [5.74, 6) is -2.25. The van der Waals surface area contributed by atoms with Crippen LogP contribution in [0.5, 0.6) is 0 Å². The molecule has 0 unspecified atom stereocenters. The van der Waals surface area contributed by atoms with Crippen LogP contribution in [0.4, 0.5) is 0 Å². The molecule has 0 aromatic heterocycles. The molecular weight excluding hydrogens is 272 g/mol. The van der Waals surface area contributed by atoms with Gasteiger partial charge in [0.2, 0.25) is 0 Å². The Bertz CT molecular complexity index is 364. The van der Waals surface area contributed by atoms with Crippen molar-refractivity contribution < 1.29 is 19.1 Å². The Hall–Kier alpha value is -1.10. The van der Waals surface area contributed by atoms with E-state index in [9.17, 15) is 9.59 Å². The number of ether oxygens (including phenoxy) is 2. The van der Waals surface area contributed by atoms with Crippen LogP contribution in [0, 0.1) is 11.8 Å². The minimum absolute atomic E-state index is 0.218. The van der Waals surface area contributed by atoms with Gasteiger partial charge in [-0.2, -0.15) is 0 Å². The first-order chi connectivity index (χ1) is 8.97. The van der Waals surface area contributed by atoms with Crippen LogP contribution in [-0.4, -0.2) is 34.2 Å². The third-order valence-corrected chi connectivity index (χ3v) is 9.08. The van der Waals surface area contributed by atoms with Crippen LogP contribution in [0.3, 0.4) is 0 Å². The number of methoxy groups -OCH3 is 2. The van der Waals surface area contributed by atoms with E-state index in [0.29, 0.717) is 0 Å². The first kappa shape index (κ1) is 18.9. The molecule has 0 aliphatic heterocycles. The van der Waals surface area contributed by atoms with E-state index in [4.69, 9.17) is 9.47 Å². The minimum Gasteiger partial charge on any atom is -0.468 e. The van der Waals surface area contributed by atoms with E-state index in [2.05, 4.69) is 39.6 Å². The lowest BCUT2D eigenvalue weighted by atomic mass is 9.94. The van der Waals surface area contributed by atoms with Gasteiger partial charge in [-0.05, 0) is 11.0 Å². The molecule has 0 bridgehead atoms. The Morgan fingerprint density at radius 3 is 1.75 bits per heavy atom. The second-order valence-corrected chi connectivity index (χ2v) is 12.0. The third-order valence-electron chi connectivity index (χ3n) is 4.19. The number of esters is 2. The van der Waals surface area contributed by atoms with Gasteiger partial charge >= 0.3 is 11.9 Å². The molecule has 0 aromatic carbocycles. The molecule has 0 spiro atoms. The average molecular weight is 300 g/mol. The van der Waals surface area contributed by atoms with Crippen molar-refractivity contribution >= 4 is 20.0 Å². The topological polar surface area (TPSA) is 52.6 Å². The largest absolute Gasteiger partial charge is 0.468 e. The number of hydrogen-bond acceptors (Lipinski definition) is 4. The van der Waals surface area contributed by atoms with Gasteiger partial charge in [-0.1, -0.05) is 52.6 Å². The van der Waals surface area contributed by atoms with Crippen molar-refractivity contribution in [1.29, 1.82) is 0 Å². The highest BCUT2D eigenvalue weighted by molar-refractivity contribution is 6.84. The van der Waals surface area contributed by atoms with Crippen molar-refractivity contribution in [2.24, 2.45) is 11.8 Å². The van der Waals surface area contributed by atoms with Crippen LogP contribution in [0.2, 0.25) is 18.1 Å². The minimum atomic E-state index is -1.59. The van der Waals surface area contributed by atoms with E-state index in [1.165, 1.54) is 14.2 Å². The molecule has 0 rings (SSSR count). The number of hydrogen-bond donors (Lipinski definition) is 0. The second kappa shape index (κ2) is 7.06. The highest BCUT2D eigenvalue weighted by Crippen LogP contribution is 2.37. The molecule has 20 heavy (non-hydrogen) atoms. The number of allylic oxidation sites excluding steroid dienone is 1. The molecular formula is C15H28O4Si. The van der Waals surface area contributed by atoms with Gasteiger partial charge in [0.25, 0.3) is 0 Å². The fourth-order valence-electron chi connectivity index (χ4n) is 1.53. The normalized spacial score (nSPS) is 14.4. The SMILES string of the molecule is COC(=O)C(C(=O)OC)[C@H](C)/C=C/[Si](C)(C)C(C)(C)C. The summed E-state index contributed by atoms with van der Waals surface area (Å²) in [5, 5.41) is 0.218. The van der Waals surface area contributed by atoms with Gasteiger partial charge in [-0.15, -0.1) is 0 Å². The summed E-state index contributed by atoms with van der Waals surface area (Å²) in [6, 6.07) is 0. The molecule has 0 saturated heterocycles. The van der Waals surface area contributed by atoms with Crippen molar-refractivity contribution in [3.63, 3.8) is 0 Å². The summed E-state index contributed by atoms with van der Waals surface area (Å²) in [7, 11) is 0.972. The molecule has 0 saturated carbocycles. The standard InChI is InChI=1S/C15H28O4Si/c1-11(9-10-20(7,8)15(2,3)4)12(13(16)18-5)14(17)19-6/h9-12H,1-8H3/b10-9+/t11-/m1/s1. The van der Waals surface area contributed by atoms with Crippen molar-refractivity contribution in [2.45, 2.75) is 45.8 Å². The Morgan fingerprint density at radius 2 is 1.45 bits per heavy atom. The van der Waals surface area contributed by atoms with Crippen molar-refractivity contribution in [3.8, 4) is 0 Å². The molecule has 0 aliphatic carbocycles. The van der Waals surface area contributed by atoms with E-state index in [0.717, 1.165) is 0 Å². The number of carbonyl (C=O) groups is 2. The maximum atomic E-state index is 11.7. The first-order valence-electron chi connectivity index (χ1n) is 6.83. The van der Waals surface area contributed by atoms with Gasteiger partial charge in [0.1, 0.15) is 0 Å². The Labute approximate surface area is 123 Å². The molecule has 0 radical (unpaired) electrons. The zero-order valence-electron chi connectivity index (χ0n) is 13.9. The second-order valence-electron chi connectivity index (χ2n) is 6.71.